The van der Waals surface area contributed by atoms with Crippen LogP contribution in [0.3, 0.4) is 0 Å². The molecule has 1 aromatic rings. The van der Waals surface area contributed by atoms with Gasteiger partial charge in [0.2, 0.25) is 0 Å². The fourth-order valence-electron chi connectivity index (χ4n) is 4.41. The minimum atomic E-state index is -0.633. The van der Waals surface area contributed by atoms with Gasteiger partial charge in [0.05, 0.1) is 19.8 Å². The van der Waals surface area contributed by atoms with Crippen molar-refractivity contribution in [2.75, 3.05) is 20.3 Å². The Morgan fingerprint density at radius 2 is 2.18 bits per heavy atom. The Morgan fingerprint density at radius 1 is 1.36 bits per heavy atom. The van der Waals surface area contributed by atoms with Crippen LogP contribution >= 0.6 is 0 Å². The lowest BCUT2D eigenvalue weighted by Gasteiger charge is -2.45. The Bertz CT molecular complexity index is 642. The third kappa shape index (κ3) is 1.82. The molecule has 4 rings (SSSR count). The first-order chi connectivity index (χ1) is 10.6. The van der Waals surface area contributed by atoms with E-state index in [-0.39, 0.29) is 30.2 Å². The maximum atomic E-state index is 10.7. The number of methoxy groups -OCH3 is 1. The lowest BCUT2D eigenvalue weighted by molar-refractivity contribution is 0.0294. The van der Waals surface area contributed by atoms with Crippen molar-refractivity contribution < 1.29 is 20.1 Å². The van der Waals surface area contributed by atoms with Crippen LogP contribution in [0.1, 0.15) is 23.5 Å². The fraction of sp³-hybridized carbons (Fsp3) is 0.529. The van der Waals surface area contributed by atoms with E-state index < -0.39 is 6.10 Å². The first kappa shape index (κ1) is 14.1. The summed E-state index contributed by atoms with van der Waals surface area (Å²) >= 11 is 0. The van der Waals surface area contributed by atoms with E-state index in [1.165, 1.54) is 5.57 Å². The molecule has 5 nitrogen and oxygen atoms in total. The zero-order valence-corrected chi connectivity index (χ0v) is 12.6. The van der Waals surface area contributed by atoms with Crippen LogP contribution in [-0.2, 0) is 6.54 Å². The van der Waals surface area contributed by atoms with Crippen LogP contribution < -0.4 is 4.74 Å². The van der Waals surface area contributed by atoms with Crippen LogP contribution in [0.2, 0.25) is 0 Å². The number of phenols is 1. The van der Waals surface area contributed by atoms with Gasteiger partial charge in [0.1, 0.15) is 0 Å². The van der Waals surface area contributed by atoms with Crippen molar-refractivity contribution in [2.24, 2.45) is 5.92 Å². The number of fused-ring (bicyclic) bond motifs is 2. The van der Waals surface area contributed by atoms with E-state index in [0.29, 0.717) is 5.75 Å². The molecular formula is C17H21NO4. The number of phenolic OH excluding ortho intramolecular Hbond substituents is 1. The van der Waals surface area contributed by atoms with Gasteiger partial charge in [-0.3, -0.25) is 4.90 Å². The summed E-state index contributed by atoms with van der Waals surface area (Å²) in [5.74, 6) is 0.249. The molecule has 3 aliphatic rings. The van der Waals surface area contributed by atoms with E-state index in [4.69, 9.17) is 4.74 Å². The molecule has 1 saturated heterocycles. The number of benzene rings is 1. The Hall–Kier alpha value is -1.56. The molecule has 3 N–H and O–H groups in total. The number of ether oxygens (including phenoxy) is 1. The molecule has 0 aromatic heterocycles. The summed E-state index contributed by atoms with van der Waals surface area (Å²) in [5, 5.41) is 30.5. The average Bonchev–Trinajstić information content (AvgIpc) is 2.92. The number of nitrogens with zero attached hydrogens (tertiary/aromatic N) is 1. The van der Waals surface area contributed by atoms with E-state index >= 15 is 0 Å². The van der Waals surface area contributed by atoms with Crippen LogP contribution in [-0.4, -0.2) is 52.6 Å². The van der Waals surface area contributed by atoms with Crippen LogP contribution in [0.4, 0.5) is 0 Å². The van der Waals surface area contributed by atoms with Gasteiger partial charge in [-0.1, -0.05) is 11.6 Å². The molecule has 118 valence electrons. The predicted molar refractivity (Wildman–Crippen MR) is 80.9 cm³/mol. The van der Waals surface area contributed by atoms with E-state index in [1.807, 2.05) is 6.07 Å². The Morgan fingerprint density at radius 3 is 2.91 bits per heavy atom. The van der Waals surface area contributed by atoms with Crippen molar-refractivity contribution in [3.05, 3.63) is 34.9 Å². The van der Waals surface area contributed by atoms with Gasteiger partial charge in [-0.15, -0.1) is 0 Å². The third-order valence-electron chi connectivity index (χ3n) is 5.42. The maximum Gasteiger partial charge on any atom is 0.160 e. The van der Waals surface area contributed by atoms with Gasteiger partial charge in [0.25, 0.3) is 0 Å². The minimum absolute atomic E-state index is 0.0502. The molecule has 2 aliphatic heterocycles. The molecule has 0 radical (unpaired) electrons. The zero-order valence-electron chi connectivity index (χ0n) is 12.6. The molecule has 0 bridgehead atoms. The first-order valence-electron chi connectivity index (χ1n) is 7.77. The Kier molecular flexibility index (Phi) is 3.18. The summed E-state index contributed by atoms with van der Waals surface area (Å²) < 4.78 is 5.21. The monoisotopic (exact) mass is 303 g/mol. The summed E-state index contributed by atoms with van der Waals surface area (Å²) in [4.78, 5) is 2.38. The summed E-state index contributed by atoms with van der Waals surface area (Å²) in [6.07, 6.45) is 2.41. The second-order valence-corrected chi connectivity index (χ2v) is 6.49. The van der Waals surface area contributed by atoms with Gasteiger partial charge in [-0.05, 0) is 29.7 Å². The first-order valence-corrected chi connectivity index (χ1v) is 7.77. The molecule has 5 heteroatoms. The van der Waals surface area contributed by atoms with Gasteiger partial charge in [0, 0.05) is 31.0 Å². The molecule has 0 saturated carbocycles. The molecule has 22 heavy (non-hydrogen) atoms. The van der Waals surface area contributed by atoms with E-state index in [1.54, 1.807) is 13.2 Å². The lowest BCUT2D eigenvalue weighted by Crippen LogP contribution is -2.49. The van der Waals surface area contributed by atoms with Crippen molar-refractivity contribution in [2.45, 2.75) is 31.0 Å². The molecule has 2 heterocycles. The normalized spacial score (nSPS) is 33.1. The number of hydrogen-bond acceptors (Lipinski definition) is 5. The lowest BCUT2D eigenvalue weighted by atomic mass is 9.70. The number of hydrogen-bond donors (Lipinski definition) is 3. The van der Waals surface area contributed by atoms with Crippen molar-refractivity contribution in [1.82, 2.24) is 4.90 Å². The smallest absolute Gasteiger partial charge is 0.160 e. The van der Waals surface area contributed by atoms with E-state index in [2.05, 4.69) is 11.0 Å². The van der Waals surface area contributed by atoms with Gasteiger partial charge in [0.15, 0.2) is 11.5 Å². The molecule has 4 atom stereocenters. The Balaban J connectivity index is 1.86. The quantitative estimate of drug-likeness (QED) is 0.710. The van der Waals surface area contributed by atoms with Gasteiger partial charge >= 0.3 is 0 Å². The molecular weight excluding hydrogens is 282 g/mol. The maximum absolute atomic E-state index is 10.7. The molecule has 1 fully saturated rings. The highest BCUT2D eigenvalue weighted by Crippen LogP contribution is 2.49. The molecule has 1 unspecified atom stereocenters. The predicted octanol–water partition coefficient (Wildman–Crippen LogP) is 0.982. The highest BCUT2D eigenvalue weighted by molar-refractivity contribution is 5.51. The molecule has 1 aliphatic carbocycles. The summed E-state index contributed by atoms with van der Waals surface area (Å²) in [6, 6.07) is 3.80. The largest absolute Gasteiger partial charge is 0.504 e. The average molecular weight is 303 g/mol. The van der Waals surface area contributed by atoms with Crippen molar-refractivity contribution in [3.63, 3.8) is 0 Å². The Labute approximate surface area is 129 Å². The van der Waals surface area contributed by atoms with Gasteiger partial charge in [-0.25, -0.2) is 0 Å². The van der Waals surface area contributed by atoms with Crippen molar-refractivity contribution >= 4 is 0 Å². The van der Waals surface area contributed by atoms with Gasteiger partial charge in [-0.2, -0.15) is 0 Å². The standard InChI is InChI=1S/C17H21NO4/c1-22-14-5-10-7-18-3-2-9-4-11(8-19)17(21)15(16(9)18)12(10)6-13(14)20/h4-6,11,15-17,19-21H,2-3,7-8H2,1H3/t11-,15+,16?,17-/m1/s1. The SMILES string of the molecule is COc1cc2c(cc1O)[C@H]1C3C(=C[C@H](CO)[C@H]1O)CCN3C2. The third-order valence-corrected chi connectivity index (χ3v) is 5.42. The minimum Gasteiger partial charge on any atom is -0.504 e. The molecule has 1 aromatic carbocycles. The van der Waals surface area contributed by atoms with Crippen LogP contribution in [0.5, 0.6) is 11.5 Å². The number of aromatic hydroxyl groups is 1. The highest BCUT2D eigenvalue weighted by Gasteiger charge is 2.48. The topological polar surface area (TPSA) is 73.2 Å². The summed E-state index contributed by atoms with van der Waals surface area (Å²) in [7, 11) is 1.54. The van der Waals surface area contributed by atoms with Crippen molar-refractivity contribution in [3.8, 4) is 11.5 Å². The van der Waals surface area contributed by atoms with Crippen LogP contribution in [0, 0.1) is 5.92 Å². The summed E-state index contributed by atoms with van der Waals surface area (Å²) in [5.41, 5.74) is 3.39. The highest BCUT2D eigenvalue weighted by atomic mass is 16.5. The van der Waals surface area contributed by atoms with Gasteiger partial charge < -0.3 is 20.1 Å². The van der Waals surface area contributed by atoms with Crippen molar-refractivity contribution in [1.29, 1.82) is 0 Å². The number of aliphatic hydroxyl groups excluding tert-OH is 2. The molecule has 0 spiro atoms. The van der Waals surface area contributed by atoms with E-state index in [9.17, 15) is 15.3 Å². The number of aliphatic hydroxyl groups is 2. The summed E-state index contributed by atoms with van der Waals surface area (Å²) in [6.45, 7) is 1.73. The fourth-order valence-corrected chi connectivity index (χ4v) is 4.41. The van der Waals surface area contributed by atoms with E-state index in [0.717, 1.165) is 30.6 Å². The number of rotatable bonds is 2. The van der Waals surface area contributed by atoms with Crippen LogP contribution in [0.15, 0.2) is 23.8 Å². The second kappa shape index (κ2) is 4.98. The second-order valence-electron chi connectivity index (χ2n) is 6.49. The molecule has 0 amide bonds. The zero-order chi connectivity index (χ0) is 15.4. The van der Waals surface area contributed by atoms with Crippen LogP contribution in [0.25, 0.3) is 0 Å².